The van der Waals surface area contributed by atoms with E-state index >= 15 is 0 Å². The van der Waals surface area contributed by atoms with Gasteiger partial charge in [-0.1, -0.05) is 53.7 Å². The number of alkyl halides is 3. The van der Waals surface area contributed by atoms with Gasteiger partial charge in [-0.25, -0.2) is 0 Å². The molecule has 1 heterocycles. The van der Waals surface area contributed by atoms with Gasteiger partial charge in [0.2, 0.25) is 0 Å². The zero-order valence-corrected chi connectivity index (χ0v) is 20.3. The van der Waals surface area contributed by atoms with Crippen LogP contribution in [0.2, 0.25) is 0 Å². The minimum absolute atomic E-state index is 0.158. The summed E-state index contributed by atoms with van der Waals surface area (Å²) in [6.07, 6.45) is -4.72. The molecule has 182 valence electrons. The van der Waals surface area contributed by atoms with Crippen molar-refractivity contribution in [1.82, 2.24) is 10.2 Å². The molecule has 1 aliphatic heterocycles. The van der Waals surface area contributed by atoms with Gasteiger partial charge in [0.1, 0.15) is 11.5 Å². The number of aromatic hydroxyl groups is 1. The second-order valence-electron chi connectivity index (χ2n) is 10.8. The zero-order chi connectivity index (χ0) is 24.6. The first-order chi connectivity index (χ1) is 15.2. The highest BCUT2D eigenvalue weighted by molar-refractivity contribution is 5.52. The topological polar surface area (TPSA) is 44.7 Å². The molecule has 1 saturated heterocycles. The third-order valence-electron chi connectivity index (χ3n) is 6.01. The standard InChI is InChI=1S/C26H35F3N2O2/c1-24(2,3)20-15-18(16-21(23(20)32)25(4,5)6)22(31-13-11-30-12-14-31)17-7-9-19(10-8-17)33-26(27,28)29/h7-10,15-16,22,30,32H,11-14H2,1-6H3/t22-/m1/s1. The maximum Gasteiger partial charge on any atom is 0.573 e. The van der Waals surface area contributed by atoms with Gasteiger partial charge in [0, 0.05) is 26.2 Å². The lowest BCUT2D eigenvalue weighted by Crippen LogP contribution is -2.45. The molecule has 0 radical (unpaired) electrons. The summed E-state index contributed by atoms with van der Waals surface area (Å²) in [5.74, 6) is 0.0773. The van der Waals surface area contributed by atoms with Gasteiger partial charge in [0.25, 0.3) is 0 Å². The van der Waals surface area contributed by atoms with Gasteiger partial charge in [0.15, 0.2) is 0 Å². The van der Waals surface area contributed by atoms with E-state index in [4.69, 9.17) is 0 Å². The van der Waals surface area contributed by atoms with E-state index in [0.29, 0.717) is 5.75 Å². The predicted octanol–water partition coefficient (Wildman–Crippen LogP) is 5.88. The van der Waals surface area contributed by atoms with Crippen molar-refractivity contribution >= 4 is 0 Å². The van der Waals surface area contributed by atoms with Crippen LogP contribution in [-0.2, 0) is 10.8 Å². The van der Waals surface area contributed by atoms with Gasteiger partial charge in [-0.2, -0.15) is 0 Å². The Bertz CT molecular complexity index is 916. The number of phenolic OH excluding ortho intramolecular Hbond substituents is 1. The number of nitrogens with zero attached hydrogens (tertiary/aromatic N) is 1. The Kier molecular flexibility index (Phi) is 7.06. The Morgan fingerprint density at radius 3 is 1.76 bits per heavy atom. The van der Waals surface area contributed by atoms with Gasteiger partial charge >= 0.3 is 6.36 Å². The fraction of sp³-hybridized carbons (Fsp3) is 0.538. The molecule has 2 aromatic carbocycles. The molecule has 0 amide bonds. The number of phenols is 1. The van der Waals surface area contributed by atoms with E-state index in [9.17, 15) is 18.3 Å². The van der Waals surface area contributed by atoms with Gasteiger partial charge < -0.3 is 15.2 Å². The molecule has 1 aliphatic rings. The molecule has 0 bridgehead atoms. The zero-order valence-electron chi connectivity index (χ0n) is 20.3. The summed E-state index contributed by atoms with van der Waals surface area (Å²) < 4.78 is 42.0. The second kappa shape index (κ2) is 9.18. The fourth-order valence-electron chi connectivity index (χ4n) is 4.36. The summed E-state index contributed by atoms with van der Waals surface area (Å²) in [6, 6.07) is 10.1. The molecule has 7 heteroatoms. The first kappa shape index (κ1) is 25.4. The van der Waals surface area contributed by atoms with Crippen LogP contribution in [-0.4, -0.2) is 42.5 Å². The molecular weight excluding hydrogens is 429 g/mol. The Morgan fingerprint density at radius 1 is 0.848 bits per heavy atom. The number of hydrogen-bond acceptors (Lipinski definition) is 4. The molecule has 0 aromatic heterocycles. The van der Waals surface area contributed by atoms with Gasteiger partial charge in [-0.3, -0.25) is 4.90 Å². The van der Waals surface area contributed by atoms with Crippen molar-refractivity contribution in [2.45, 2.75) is 64.8 Å². The van der Waals surface area contributed by atoms with E-state index in [1.54, 1.807) is 12.1 Å². The van der Waals surface area contributed by atoms with Crippen molar-refractivity contribution in [3.05, 3.63) is 58.7 Å². The monoisotopic (exact) mass is 464 g/mol. The molecule has 1 atom stereocenters. The number of rotatable bonds is 4. The average Bonchev–Trinajstić information content (AvgIpc) is 2.68. The van der Waals surface area contributed by atoms with Crippen LogP contribution in [0, 0.1) is 0 Å². The van der Waals surface area contributed by atoms with Gasteiger partial charge in [0.05, 0.1) is 6.04 Å². The number of halogens is 3. The number of benzene rings is 2. The van der Waals surface area contributed by atoms with E-state index in [1.165, 1.54) is 12.1 Å². The van der Waals surface area contributed by atoms with Crippen LogP contribution < -0.4 is 10.1 Å². The van der Waals surface area contributed by atoms with Crippen molar-refractivity contribution in [1.29, 1.82) is 0 Å². The second-order valence-corrected chi connectivity index (χ2v) is 10.8. The summed E-state index contributed by atoms with van der Waals surface area (Å²) in [5.41, 5.74) is 3.08. The normalized spacial score (nSPS) is 17.1. The van der Waals surface area contributed by atoms with E-state index in [-0.39, 0.29) is 22.6 Å². The Morgan fingerprint density at radius 2 is 1.33 bits per heavy atom. The molecule has 0 saturated carbocycles. The maximum absolute atomic E-state index is 12.6. The first-order valence-electron chi connectivity index (χ1n) is 11.3. The number of ether oxygens (including phenoxy) is 1. The largest absolute Gasteiger partial charge is 0.573 e. The van der Waals surface area contributed by atoms with Crippen molar-refractivity contribution in [2.75, 3.05) is 26.2 Å². The number of nitrogens with one attached hydrogen (secondary N) is 1. The first-order valence-corrected chi connectivity index (χ1v) is 11.3. The minimum atomic E-state index is -4.72. The van der Waals surface area contributed by atoms with Crippen molar-refractivity contribution in [3.63, 3.8) is 0 Å². The molecular formula is C26H35F3N2O2. The van der Waals surface area contributed by atoms with Crippen LogP contribution in [0.5, 0.6) is 11.5 Å². The molecule has 2 aromatic rings. The van der Waals surface area contributed by atoms with Crippen LogP contribution in [0.3, 0.4) is 0 Å². The highest BCUT2D eigenvalue weighted by Crippen LogP contribution is 2.43. The Balaban J connectivity index is 2.15. The maximum atomic E-state index is 12.6. The molecule has 1 fully saturated rings. The predicted molar refractivity (Wildman–Crippen MR) is 125 cm³/mol. The number of piperazine rings is 1. The summed E-state index contributed by atoms with van der Waals surface area (Å²) in [6.45, 7) is 15.7. The molecule has 0 aliphatic carbocycles. The van der Waals surface area contributed by atoms with Crippen LogP contribution in [0.4, 0.5) is 13.2 Å². The molecule has 0 unspecified atom stereocenters. The van der Waals surface area contributed by atoms with Crippen LogP contribution in [0.25, 0.3) is 0 Å². The Labute approximate surface area is 194 Å². The summed E-state index contributed by atoms with van der Waals surface area (Å²) in [5, 5.41) is 14.5. The quantitative estimate of drug-likeness (QED) is 0.593. The van der Waals surface area contributed by atoms with Gasteiger partial charge in [-0.15, -0.1) is 13.2 Å². The van der Waals surface area contributed by atoms with E-state index in [0.717, 1.165) is 48.4 Å². The third-order valence-corrected chi connectivity index (χ3v) is 6.01. The molecule has 0 spiro atoms. The van der Waals surface area contributed by atoms with E-state index in [1.807, 2.05) is 0 Å². The molecule has 33 heavy (non-hydrogen) atoms. The van der Waals surface area contributed by atoms with Crippen LogP contribution in [0.15, 0.2) is 36.4 Å². The van der Waals surface area contributed by atoms with Crippen molar-refractivity contribution in [2.24, 2.45) is 0 Å². The lowest BCUT2D eigenvalue weighted by atomic mass is 9.77. The summed E-state index contributed by atoms with van der Waals surface area (Å²) in [7, 11) is 0. The Hall–Kier alpha value is -2.25. The molecule has 3 rings (SSSR count). The molecule has 2 N–H and O–H groups in total. The highest BCUT2D eigenvalue weighted by atomic mass is 19.4. The SMILES string of the molecule is CC(C)(C)c1cc([C@@H](c2ccc(OC(F)(F)F)cc2)N2CCNCC2)cc(C(C)(C)C)c1O. The summed E-state index contributed by atoms with van der Waals surface area (Å²) in [4.78, 5) is 2.33. The fourth-order valence-corrected chi connectivity index (χ4v) is 4.36. The lowest BCUT2D eigenvalue weighted by Gasteiger charge is -2.37. The minimum Gasteiger partial charge on any atom is -0.507 e. The molecule has 4 nitrogen and oxygen atoms in total. The summed E-state index contributed by atoms with van der Waals surface area (Å²) >= 11 is 0. The van der Waals surface area contributed by atoms with Gasteiger partial charge in [-0.05, 0) is 57.3 Å². The lowest BCUT2D eigenvalue weighted by molar-refractivity contribution is -0.274. The van der Waals surface area contributed by atoms with Crippen LogP contribution >= 0.6 is 0 Å². The van der Waals surface area contributed by atoms with E-state index < -0.39 is 6.36 Å². The highest BCUT2D eigenvalue weighted by Gasteiger charge is 2.33. The average molecular weight is 465 g/mol. The smallest absolute Gasteiger partial charge is 0.507 e. The van der Waals surface area contributed by atoms with Crippen molar-refractivity contribution in [3.8, 4) is 11.5 Å². The van der Waals surface area contributed by atoms with Crippen LogP contribution in [0.1, 0.15) is 69.8 Å². The van der Waals surface area contributed by atoms with E-state index in [2.05, 4.69) is 68.6 Å². The number of hydrogen-bond donors (Lipinski definition) is 2. The third kappa shape index (κ3) is 6.21. The van der Waals surface area contributed by atoms with Crippen molar-refractivity contribution < 1.29 is 23.0 Å².